The highest BCUT2D eigenvalue weighted by molar-refractivity contribution is 5.90. The van der Waals surface area contributed by atoms with Gasteiger partial charge in [-0.1, -0.05) is 31.0 Å². The van der Waals surface area contributed by atoms with Crippen LogP contribution in [0.1, 0.15) is 37.2 Å². The number of nitrogen functional groups attached to an aromatic ring is 1. The van der Waals surface area contributed by atoms with E-state index in [1.54, 1.807) is 6.33 Å². The Morgan fingerprint density at radius 2 is 1.61 bits per heavy atom. The highest BCUT2D eigenvalue weighted by atomic mass is 16.5. The summed E-state index contributed by atoms with van der Waals surface area (Å²) in [5.74, 6) is 2.69. The minimum Gasteiger partial charge on any atom is -0.457 e. The Kier molecular flexibility index (Phi) is 4.20. The molecule has 4 aromatic rings. The molecule has 0 amide bonds. The molecule has 0 radical (unpaired) electrons. The molecule has 0 bridgehead atoms. The molecule has 5 rings (SSSR count). The average molecular weight is 370 g/mol. The standard InChI is InChI=1S/C23H22N4O/c24-23-22-21(25-15-26-23)20(16-6-4-5-7-16)14-27(22)17-10-12-19(13-11-17)28-18-8-2-1-3-9-18/h1-3,8-16H,4-7H2,(H2,24,25,26). The van der Waals surface area contributed by atoms with E-state index in [1.165, 1.54) is 31.2 Å². The zero-order chi connectivity index (χ0) is 18.9. The zero-order valence-electron chi connectivity index (χ0n) is 15.6. The second-order valence-electron chi connectivity index (χ2n) is 7.30. The Bertz CT molecular complexity index is 1100. The maximum Gasteiger partial charge on any atom is 0.151 e. The quantitative estimate of drug-likeness (QED) is 0.518. The van der Waals surface area contributed by atoms with Crippen molar-refractivity contribution in [2.24, 2.45) is 0 Å². The zero-order valence-corrected chi connectivity index (χ0v) is 15.6. The molecule has 2 aromatic heterocycles. The van der Waals surface area contributed by atoms with Crippen LogP contribution in [0.25, 0.3) is 16.7 Å². The van der Waals surface area contributed by atoms with Gasteiger partial charge in [0.25, 0.3) is 0 Å². The maximum atomic E-state index is 6.24. The second kappa shape index (κ2) is 7.00. The molecule has 0 atom stereocenters. The smallest absolute Gasteiger partial charge is 0.151 e. The summed E-state index contributed by atoms with van der Waals surface area (Å²) in [6.07, 6.45) is 8.75. The van der Waals surface area contributed by atoms with E-state index in [0.29, 0.717) is 11.7 Å². The highest BCUT2D eigenvalue weighted by Gasteiger charge is 2.24. The summed E-state index contributed by atoms with van der Waals surface area (Å²) in [6, 6.07) is 17.8. The lowest BCUT2D eigenvalue weighted by Crippen LogP contribution is -1.98. The third kappa shape index (κ3) is 2.99. The molecule has 0 spiro atoms. The number of aromatic nitrogens is 3. The van der Waals surface area contributed by atoms with Crippen molar-refractivity contribution in [1.82, 2.24) is 14.5 Å². The van der Waals surface area contributed by atoms with E-state index >= 15 is 0 Å². The number of hydrogen-bond acceptors (Lipinski definition) is 4. The predicted molar refractivity (Wildman–Crippen MR) is 111 cm³/mol. The van der Waals surface area contributed by atoms with Crippen molar-refractivity contribution in [3.8, 4) is 17.2 Å². The molecule has 1 aliphatic rings. The van der Waals surface area contributed by atoms with Crippen LogP contribution < -0.4 is 10.5 Å². The Balaban J connectivity index is 1.53. The lowest BCUT2D eigenvalue weighted by atomic mass is 10.00. The van der Waals surface area contributed by atoms with Crippen LogP contribution in [0.3, 0.4) is 0 Å². The number of para-hydroxylation sites is 1. The van der Waals surface area contributed by atoms with E-state index < -0.39 is 0 Å². The van der Waals surface area contributed by atoms with Crippen LogP contribution in [0.5, 0.6) is 11.5 Å². The summed E-state index contributed by atoms with van der Waals surface area (Å²) >= 11 is 0. The van der Waals surface area contributed by atoms with Gasteiger partial charge in [0.15, 0.2) is 5.82 Å². The molecule has 0 saturated heterocycles. The molecule has 2 heterocycles. The summed E-state index contributed by atoms with van der Waals surface area (Å²) in [7, 11) is 0. The molecule has 5 heteroatoms. The second-order valence-corrected chi connectivity index (χ2v) is 7.30. The summed E-state index contributed by atoms with van der Waals surface area (Å²) in [4.78, 5) is 8.80. The molecule has 0 aliphatic heterocycles. The Morgan fingerprint density at radius 3 is 2.36 bits per heavy atom. The van der Waals surface area contributed by atoms with Gasteiger partial charge in [-0.25, -0.2) is 9.97 Å². The van der Waals surface area contributed by atoms with Gasteiger partial charge in [0.1, 0.15) is 23.3 Å². The first-order valence-electron chi connectivity index (χ1n) is 9.74. The van der Waals surface area contributed by atoms with E-state index in [0.717, 1.165) is 28.2 Å². The number of benzene rings is 2. The minimum atomic E-state index is 0.513. The van der Waals surface area contributed by atoms with Gasteiger partial charge in [-0.15, -0.1) is 0 Å². The van der Waals surface area contributed by atoms with Crippen LogP contribution in [-0.4, -0.2) is 14.5 Å². The largest absolute Gasteiger partial charge is 0.457 e. The lowest BCUT2D eigenvalue weighted by molar-refractivity contribution is 0.482. The fraction of sp³-hybridized carbons (Fsp3) is 0.217. The number of hydrogen-bond donors (Lipinski definition) is 1. The number of fused-ring (bicyclic) bond motifs is 1. The first-order valence-corrected chi connectivity index (χ1v) is 9.74. The molecule has 1 fully saturated rings. The normalized spacial score (nSPS) is 14.6. The Morgan fingerprint density at radius 1 is 0.893 bits per heavy atom. The van der Waals surface area contributed by atoms with Gasteiger partial charge in [0.2, 0.25) is 0 Å². The first-order chi connectivity index (χ1) is 13.8. The summed E-state index contributed by atoms with van der Waals surface area (Å²) in [5.41, 5.74) is 10.4. The fourth-order valence-electron chi connectivity index (χ4n) is 4.14. The van der Waals surface area contributed by atoms with E-state index in [9.17, 15) is 0 Å². The summed E-state index contributed by atoms with van der Waals surface area (Å²) in [5, 5.41) is 0. The van der Waals surface area contributed by atoms with Gasteiger partial charge in [0, 0.05) is 11.9 Å². The lowest BCUT2D eigenvalue weighted by Gasteiger charge is -2.09. The molecule has 140 valence electrons. The SMILES string of the molecule is Nc1ncnc2c(C3CCCC3)cn(-c3ccc(Oc4ccccc4)cc3)c12. The van der Waals surface area contributed by atoms with Crippen LogP contribution in [-0.2, 0) is 0 Å². The summed E-state index contributed by atoms with van der Waals surface area (Å²) in [6.45, 7) is 0. The van der Waals surface area contributed by atoms with Gasteiger partial charge in [-0.3, -0.25) is 0 Å². The van der Waals surface area contributed by atoms with E-state index in [-0.39, 0.29) is 0 Å². The third-order valence-electron chi connectivity index (χ3n) is 5.52. The minimum absolute atomic E-state index is 0.513. The number of anilines is 1. The molecule has 0 unspecified atom stereocenters. The number of rotatable bonds is 4. The number of ether oxygens (including phenoxy) is 1. The predicted octanol–water partition coefficient (Wildman–Crippen LogP) is 5.45. The van der Waals surface area contributed by atoms with Crippen molar-refractivity contribution >= 4 is 16.9 Å². The Labute approximate surface area is 163 Å². The van der Waals surface area contributed by atoms with Crippen molar-refractivity contribution in [1.29, 1.82) is 0 Å². The van der Waals surface area contributed by atoms with Gasteiger partial charge in [0.05, 0.1) is 5.52 Å². The molecule has 1 saturated carbocycles. The third-order valence-corrected chi connectivity index (χ3v) is 5.52. The molecule has 28 heavy (non-hydrogen) atoms. The number of nitrogens with zero attached hydrogens (tertiary/aromatic N) is 3. The van der Waals surface area contributed by atoms with Crippen molar-refractivity contribution in [3.63, 3.8) is 0 Å². The van der Waals surface area contributed by atoms with Crippen LogP contribution in [0.15, 0.2) is 67.1 Å². The maximum absolute atomic E-state index is 6.24. The fourth-order valence-corrected chi connectivity index (χ4v) is 4.14. The van der Waals surface area contributed by atoms with E-state index in [2.05, 4.69) is 20.7 Å². The molecule has 2 aromatic carbocycles. The van der Waals surface area contributed by atoms with Gasteiger partial charge in [-0.05, 0) is 60.7 Å². The van der Waals surface area contributed by atoms with Crippen LogP contribution in [0.2, 0.25) is 0 Å². The highest BCUT2D eigenvalue weighted by Crippen LogP contribution is 2.39. The van der Waals surface area contributed by atoms with Gasteiger partial charge < -0.3 is 15.0 Å². The van der Waals surface area contributed by atoms with Crippen molar-refractivity contribution in [2.45, 2.75) is 31.6 Å². The van der Waals surface area contributed by atoms with Crippen molar-refractivity contribution in [3.05, 3.63) is 72.7 Å². The molecular weight excluding hydrogens is 348 g/mol. The van der Waals surface area contributed by atoms with Gasteiger partial charge in [-0.2, -0.15) is 0 Å². The van der Waals surface area contributed by atoms with Gasteiger partial charge >= 0.3 is 0 Å². The molecule has 5 nitrogen and oxygen atoms in total. The van der Waals surface area contributed by atoms with E-state index in [4.69, 9.17) is 10.5 Å². The molecule has 1 aliphatic carbocycles. The van der Waals surface area contributed by atoms with Crippen molar-refractivity contribution < 1.29 is 4.74 Å². The topological polar surface area (TPSA) is 66.0 Å². The Hall–Kier alpha value is -3.34. The van der Waals surface area contributed by atoms with Crippen molar-refractivity contribution in [2.75, 3.05) is 5.73 Å². The monoisotopic (exact) mass is 370 g/mol. The van der Waals surface area contributed by atoms with Crippen LogP contribution >= 0.6 is 0 Å². The summed E-state index contributed by atoms with van der Waals surface area (Å²) < 4.78 is 8.02. The molecule has 2 N–H and O–H groups in total. The number of nitrogens with two attached hydrogens (primary N) is 1. The van der Waals surface area contributed by atoms with E-state index in [1.807, 2.05) is 54.6 Å². The van der Waals surface area contributed by atoms with Crippen LogP contribution in [0, 0.1) is 0 Å². The average Bonchev–Trinajstić information content (AvgIpc) is 3.38. The first kappa shape index (κ1) is 16.8. The van der Waals surface area contributed by atoms with Crippen LogP contribution in [0.4, 0.5) is 5.82 Å². The molecular formula is C23H22N4O.